The molecular formula is C14H16ClN5O. The molecule has 0 atom stereocenters. The second-order valence-electron chi connectivity index (χ2n) is 4.26. The van der Waals surface area contributed by atoms with Gasteiger partial charge in [0.1, 0.15) is 5.75 Å². The molecule has 0 aliphatic carbocycles. The summed E-state index contributed by atoms with van der Waals surface area (Å²) in [4.78, 5) is 4.30. The summed E-state index contributed by atoms with van der Waals surface area (Å²) in [7, 11) is 1.58. The second kappa shape index (κ2) is 6.90. The molecule has 1 aromatic heterocycles. The van der Waals surface area contributed by atoms with E-state index in [9.17, 15) is 0 Å². The van der Waals surface area contributed by atoms with Gasteiger partial charge in [0.05, 0.1) is 19.0 Å². The first-order chi connectivity index (χ1) is 10.1. The van der Waals surface area contributed by atoms with E-state index >= 15 is 0 Å². The quantitative estimate of drug-likeness (QED) is 0.799. The number of methoxy groups -OCH3 is 1. The summed E-state index contributed by atoms with van der Waals surface area (Å²) in [5.74, 6) is 1.60. The zero-order chi connectivity index (χ0) is 15.2. The van der Waals surface area contributed by atoms with Gasteiger partial charge in [0.25, 0.3) is 0 Å². The summed E-state index contributed by atoms with van der Waals surface area (Å²) in [6.07, 6.45) is 3.25. The molecule has 0 saturated heterocycles. The second-order valence-corrected chi connectivity index (χ2v) is 4.67. The molecule has 1 aromatic carbocycles. The van der Waals surface area contributed by atoms with Crippen molar-refractivity contribution >= 4 is 29.1 Å². The van der Waals surface area contributed by atoms with Gasteiger partial charge in [0, 0.05) is 17.6 Å². The molecule has 0 bridgehead atoms. The maximum absolute atomic E-state index is 6.08. The highest BCUT2D eigenvalue weighted by Crippen LogP contribution is 2.32. The number of aryl methyl sites for hydroxylation is 1. The van der Waals surface area contributed by atoms with Gasteiger partial charge in [-0.1, -0.05) is 17.7 Å². The molecular weight excluding hydrogens is 290 g/mol. The fourth-order valence-corrected chi connectivity index (χ4v) is 1.82. The van der Waals surface area contributed by atoms with Gasteiger partial charge in [-0.05, 0) is 18.6 Å². The third-order valence-electron chi connectivity index (χ3n) is 2.71. The minimum atomic E-state index is 0.421. The number of hydrogen-bond acceptors (Lipinski definition) is 6. The van der Waals surface area contributed by atoms with Crippen molar-refractivity contribution in [2.75, 3.05) is 24.3 Å². The van der Waals surface area contributed by atoms with E-state index in [4.69, 9.17) is 16.3 Å². The molecule has 0 saturated carbocycles. The van der Waals surface area contributed by atoms with Gasteiger partial charge >= 0.3 is 0 Å². The maximum Gasteiger partial charge on any atom is 0.244 e. The molecule has 1 heterocycles. The Balaban J connectivity index is 2.25. The highest BCUT2D eigenvalue weighted by molar-refractivity contribution is 6.31. The number of aromatic nitrogens is 3. The molecule has 2 aromatic rings. The number of nitrogens with zero attached hydrogens (tertiary/aromatic N) is 3. The van der Waals surface area contributed by atoms with Crippen LogP contribution in [0, 0.1) is 6.92 Å². The molecule has 2 N–H and O–H groups in total. The molecule has 7 heteroatoms. The van der Waals surface area contributed by atoms with Crippen LogP contribution in [0.15, 0.2) is 31.0 Å². The molecule has 2 rings (SSSR count). The first-order valence-corrected chi connectivity index (χ1v) is 6.67. The van der Waals surface area contributed by atoms with Crippen molar-refractivity contribution in [3.8, 4) is 5.75 Å². The van der Waals surface area contributed by atoms with E-state index in [1.807, 2.05) is 13.0 Å². The molecule has 0 spiro atoms. The van der Waals surface area contributed by atoms with Gasteiger partial charge in [-0.15, -0.1) is 11.7 Å². The molecule has 0 aliphatic rings. The fraction of sp³-hybridized carbons (Fsp3) is 0.214. The van der Waals surface area contributed by atoms with Crippen LogP contribution in [-0.2, 0) is 0 Å². The van der Waals surface area contributed by atoms with Crippen molar-refractivity contribution in [1.82, 2.24) is 15.2 Å². The van der Waals surface area contributed by atoms with E-state index in [1.165, 1.54) is 6.20 Å². The Morgan fingerprint density at radius 1 is 1.43 bits per heavy atom. The van der Waals surface area contributed by atoms with Gasteiger partial charge < -0.3 is 15.4 Å². The molecule has 0 amide bonds. The Labute approximate surface area is 128 Å². The van der Waals surface area contributed by atoms with Gasteiger partial charge in [-0.25, -0.2) is 0 Å². The molecule has 6 nitrogen and oxygen atoms in total. The average Bonchev–Trinajstić information content (AvgIpc) is 2.49. The van der Waals surface area contributed by atoms with Gasteiger partial charge in [-0.3, -0.25) is 0 Å². The summed E-state index contributed by atoms with van der Waals surface area (Å²) < 4.78 is 5.31. The van der Waals surface area contributed by atoms with E-state index in [2.05, 4.69) is 32.4 Å². The van der Waals surface area contributed by atoms with Crippen LogP contribution in [0.5, 0.6) is 5.75 Å². The standard InChI is InChI=1S/C14H16ClN5O/c1-4-5-16-14-19-13(8-17-20-14)18-11-6-9(2)10(15)7-12(11)21-3/h4,6-8H,1,5H2,2-3H3,(H2,16,18,19,20). The van der Waals surface area contributed by atoms with Crippen molar-refractivity contribution in [1.29, 1.82) is 0 Å². The number of rotatable bonds is 6. The van der Waals surface area contributed by atoms with Crippen LogP contribution in [0.4, 0.5) is 17.5 Å². The number of benzene rings is 1. The maximum atomic E-state index is 6.08. The topological polar surface area (TPSA) is 72.0 Å². The smallest absolute Gasteiger partial charge is 0.244 e. The van der Waals surface area contributed by atoms with Crippen LogP contribution in [0.3, 0.4) is 0 Å². The number of hydrogen-bond donors (Lipinski definition) is 2. The van der Waals surface area contributed by atoms with Gasteiger partial charge in [-0.2, -0.15) is 10.1 Å². The van der Waals surface area contributed by atoms with Crippen molar-refractivity contribution in [2.24, 2.45) is 0 Å². The van der Waals surface area contributed by atoms with Gasteiger partial charge in [0.2, 0.25) is 5.95 Å². The van der Waals surface area contributed by atoms with Crippen molar-refractivity contribution < 1.29 is 4.74 Å². The highest BCUT2D eigenvalue weighted by atomic mass is 35.5. The number of ether oxygens (including phenoxy) is 1. The first kappa shape index (κ1) is 15.1. The largest absolute Gasteiger partial charge is 0.495 e. The van der Waals surface area contributed by atoms with Crippen LogP contribution >= 0.6 is 11.6 Å². The number of anilines is 3. The zero-order valence-electron chi connectivity index (χ0n) is 11.9. The van der Waals surface area contributed by atoms with Gasteiger partial charge in [0.15, 0.2) is 5.82 Å². The Hall–Kier alpha value is -2.34. The van der Waals surface area contributed by atoms with E-state index in [0.29, 0.717) is 29.1 Å². The Morgan fingerprint density at radius 3 is 2.95 bits per heavy atom. The zero-order valence-corrected chi connectivity index (χ0v) is 12.6. The molecule has 21 heavy (non-hydrogen) atoms. The lowest BCUT2D eigenvalue weighted by Gasteiger charge is -2.12. The summed E-state index contributed by atoms with van der Waals surface area (Å²) in [6, 6.07) is 3.64. The molecule has 0 radical (unpaired) electrons. The van der Waals surface area contributed by atoms with E-state index in [0.717, 1.165) is 11.3 Å². The van der Waals surface area contributed by atoms with Crippen LogP contribution in [-0.4, -0.2) is 28.8 Å². The summed E-state index contributed by atoms with van der Waals surface area (Å²) in [5, 5.41) is 14.5. The predicted molar refractivity (Wildman–Crippen MR) is 84.5 cm³/mol. The van der Waals surface area contributed by atoms with Crippen molar-refractivity contribution in [2.45, 2.75) is 6.92 Å². The van der Waals surface area contributed by atoms with E-state index < -0.39 is 0 Å². The Kier molecular flexibility index (Phi) is 4.94. The lowest BCUT2D eigenvalue weighted by molar-refractivity contribution is 0.416. The minimum Gasteiger partial charge on any atom is -0.495 e. The Bertz CT molecular complexity index is 647. The summed E-state index contributed by atoms with van der Waals surface area (Å²) in [5.41, 5.74) is 1.70. The lowest BCUT2D eigenvalue weighted by atomic mass is 10.2. The number of halogens is 1. The van der Waals surface area contributed by atoms with E-state index in [1.54, 1.807) is 19.3 Å². The monoisotopic (exact) mass is 305 g/mol. The summed E-state index contributed by atoms with van der Waals surface area (Å²) in [6.45, 7) is 6.11. The molecule has 0 unspecified atom stereocenters. The van der Waals surface area contributed by atoms with Crippen LogP contribution < -0.4 is 15.4 Å². The van der Waals surface area contributed by atoms with Crippen LogP contribution in [0.25, 0.3) is 0 Å². The normalized spacial score (nSPS) is 10.0. The van der Waals surface area contributed by atoms with Crippen LogP contribution in [0.2, 0.25) is 5.02 Å². The Morgan fingerprint density at radius 2 is 2.24 bits per heavy atom. The molecule has 0 aliphatic heterocycles. The first-order valence-electron chi connectivity index (χ1n) is 6.29. The predicted octanol–water partition coefficient (Wildman–Crippen LogP) is 3.18. The van der Waals surface area contributed by atoms with Crippen LogP contribution in [0.1, 0.15) is 5.56 Å². The minimum absolute atomic E-state index is 0.421. The van der Waals surface area contributed by atoms with Crippen molar-refractivity contribution in [3.05, 3.63) is 41.6 Å². The molecule has 110 valence electrons. The SMILES string of the molecule is C=CCNc1nncc(Nc2cc(C)c(Cl)cc2OC)n1. The highest BCUT2D eigenvalue weighted by Gasteiger charge is 2.08. The third kappa shape index (κ3) is 3.82. The number of nitrogens with one attached hydrogen (secondary N) is 2. The van der Waals surface area contributed by atoms with Crippen molar-refractivity contribution in [3.63, 3.8) is 0 Å². The average molecular weight is 306 g/mol. The lowest BCUT2D eigenvalue weighted by Crippen LogP contribution is -2.06. The fourth-order valence-electron chi connectivity index (χ4n) is 1.67. The molecule has 0 fully saturated rings. The third-order valence-corrected chi connectivity index (χ3v) is 3.11. The van der Waals surface area contributed by atoms with E-state index in [-0.39, 0.29) is 0 Å². The summed E-state index contributed by atoms with van der Waals surface area (Å²) >= 11 is 6.08.